The van der Waals surface area contributed by atoms with Gasteiger partial charge in [-0.25, -0.2) is 0 Å². The lowest BCUT2D eigenvalue weighted by molar-refractivity contribution is 1.18. The highest BCUT2D eigenvalue weighted by Crippen LogP contribution is 2.35. The van der Waals surface area contributed by atoms with Crippen LogP contribution in [0.25, 0.3) is 60.4 Å². The monoisotopic (exact) mass is 436 g/mol. The Bertz CT molecular complexity index is 1800. The van der Waals surface area contributed by atoms with Crippen molar-refractivity contribution in [2.45, 2.75) is 13.8 Å². The normalized spacial score (nSPS) is 11.8. The number of aromatic amines is 1. The van der Waals surface area contributed by atoms with E-state index >= 15 is 0 Å². The summed E-state index contributed by atoms with van der Waals surface area (Å²) in [5.41, 5.74) is 11.1. The standard InChI is InChI=1S/C32H24N2/c1-20-7-15-31-27(17-20)28-18-21(2)8-16-32(28)34(31)24-12-9-22(10-13-24)23-11-14-30-26(19-23)25-5-3-4-6-29(25)33-30/h3-19,33H,1-2H3. The zero-order valence-electron chi connectivity index (χ0n) is 19.3. The maximum atomic E-state index is 3.52. The second-order valence-corrected chi connectivity index (χ2v) is 9.35. The molecule has 0 aliphatic carbocycles. The van der Waals surface area contributed by atoms with Gasteiger partial charge < -0.3 is 9.55 Å². The Kier molecular flexibility index (Phi) is 4.01. The molecule has 7 rings (SSSR count). The smallest absolute Gasteiger partial charge is 0.0541 e. The molecule has 2 aromatic heterocycles. The van der Waals surface area contributed by atoms with E-state index in [0.29, 0.717) is 0 Å². The Balaban J connectivity index is 1.38. The van der Waals surface area contributed by atoms with Gasteiger partial charge in [-0.15, -0.1) is 0 Å². The minimum Gasteiger partial charge on any atom is -0.355 e. The van der Waals surface area contributed by atoms with Crippen LogP contribution in [0, 0.1) is 13.8 Å². The number of benzene rings is 5. The summed E-state index contributed by atoms with van der Waals surface area (Å²) in [5, 5.41) is 5.16. The molecule has 0 saturated carbocycles. The Morgan fingerprint density at radius 1 is 0.500 bits per heavy atom. The number of fused-ring (bicyclic) bond motifs is 6. The maximum absolute atomic E-state index is 3.52. The summed E-state index contributed by atoms with van der Waals surface area (Å²) in [6, 6.07) is 37.7. The molecule has 2 nitrogen and oxygen atoms in total. The van der Waals surface area contributed by atoms with Crippen LogP contribution < -0.4 is 0 Å². The number of para-hydroxylation sites is 1. The van der Waals surface area contributed by atoms with Crippen LogP contribution in [0.1, 0.15) is 11.1 Å². The first-order chi connectivity index (χ1) is 16.7. The number of rotatable bonds is 2. The molecule has 0 atom stereocenters. The molecule has 0 unspecified atom stereocenters. The highest BCUT2D eigenvalue weighted by Gasteiger charge is 2.13. The molecule has 0 aliphatic heterocycles. The molecule has 7 aromatic rings. The molecule has 0 bridgehead atoms. The first-order valence-corrected chi connectivity index (χ1v) is 11.8. The van der Waals surface area contributed by atoms with Crippen molar-refractivity contribution >= 4 is 43.6 Å². The van der Waals surface area contributed by atoms with Crippen molar-refractivity contribution < 1.29 is 0 Å². The van der Waals surface area contributed by atoms with Gasteiger partial charge in [0.25, 0.3) is 0 Å². The zero-order valence-corrected chi connectivity index (χ0v) is 19.3. The average Bonchev–Trinajstić information content (AvgIpc) is 3.39. The molecule has 2 heterocycles. The first kappa shape index (κ1) is 19.2. The fraction of sp³-hybridized carbons (Fsp3) is 0.0625. The summed E-state index contributed by atoms with van der Waals surface area (Å²) in [7, 11) is 0. The van der Waals surface area contributed by atoms with Gasteiger partial charge in [-0.05, 0) is 79.6 Å². The van der Waals surface area contributed by atoms with Crippen LogP contribution >= 0.6 is 0 Å². The number of H-pyrrole nitrogens is 1. The minimum atomic E-state index is 1.18. The van der Waals surface area contributed by atoms with Gasteiger partial charge in [0.05, 0.1) is 11.0 Å². The van der Waals surface area contributed by atoms with E-state index in [1.807, 2.05) is 0 Å². The molecular formula is C32H24N2. The summed E-state index contributed by atoms with van der Waals surface area (Å²) >= 11 is 0. The van der Waals surface area contributed by atoms with Crippen molar-refractivity contribution in [3.63, 3.8) is 0 Å². The maximum Gasteiger partial charge on any atom is 0.0541 e. The summed E-state index contributed by atoms with van der Waals surface area (Å²) in [5.74, 6) is 0. The van der Waals surface area contributed by atoms with Crippen molar-refractivity contribution in [2.75, 3.05) is 0 Å². The number of hydrogen-bond acceptors (Lipinski definition) is 0. The fourth-order valence-corrected chi connectivity index (χ4v) is 5.36. The van der Waals surface area contributed by atoms with Gasteiger partial charge in [0.2, 0.25) is 0 Å². The SMILES string of the molecule is Cc1ccc2c(c1)c1cc(C)ccc1n2-c1ccc(-c2ccc3[nH]c4ccccc4c3c2)cc1. The van der Waals surface area contributed by atoms with E-state index in [0.717, 1.165) is 0 Å². The summed E-state index contributed by atoms with van der Waals surface area (Å²) < 4.78 is 2.39. The van der Waals surface area contributed by atoms with Gasteiger partial charge in [-0.1, -0.05) is 59.7 Å². The summed E-state index contributed by atoms with van der Waals surface area (Å²) in [4.78, 5) is 3.52. The van der Waals surface area contributed by atoms with Crippen LogP contribution in [-0.2, 0) is 0 Å². The molecule has 2 heteroatoms. The Morgan fingerprint density at radius 3 is 1.82 bits per heavy atom. The van der Waals surface area contributed by atoms with Gasteiger partial charge in [-0.3, -0.25) is 0 Å². The van der Waals surface area contributed by atoms with E-state index in [9.17, 15) is 0 Å². The van der Waals surface area contributed by atoms with Gasteiger partial charge in [-0.2, -0.15) is 0 Å². The van der Waals surface area contributed by atoms with Crippen LogP contribution in [0.15, 0.2) is 103 Å². The van der Waals surface area contributed by atoms with Gasteiger partial charge in [0.15, 0.2) is 0 Å². The Hall–Kier alpha value is -4.30. The van der Waals surface area contributed by atoms with Crippen LogP contribution in [0.3, 0.4) is 0 Å². The molecule has 162 valence electrons. The molecule has 34 heavy (non-hydrogen) atoms. The van der Waals surface area contributed by atoms with E-state index in [1.165, 1.54) is 71.6 Å². The molecule has 5 aromatic carbocycles. The lowest BCUT2D eigenvalue weighted by atomic mass is 10.0. The molecule has 0 spiro atoms. The largest absolute Gasteiger partial charge is 0.355 e. The fourth-order valence-electron chi connectivity index (χ4n) is 5.36. The van der Waals surface area contributed by atoms with Crippen LogP contribution in [-0.4, -0.2) is 9.55 Å². The average molecular weight is 437 g/mol. The molecule has 0 radical (unpaired) electrons. The minimum absolute atomic E-state index is 1.18. The predicted molar refractivity (Wildman–Crippen MR) is 145 cm³/mol. The highest BCUT2D eigenvalue weighted by atomic mass is 15.0. The van der Waals surface area contributed by atoms with E-state index in [2.05, 4.69) is 127 Å². The summed E-state index contributed by atoms with van der Waals surface area (Å²) in [6.45, 7) is 4.33. The highest BCUT2D eigenvalue weighted by molar-refractivity contribution is 6.10. The number of aryl methyl sites for hydroxylation is 2. The van der Waals surface area contributed by atoms with Crippen LogP contribution in [0.2, 0.25) is 0 Å². The number of hydrogen-bond donors (Lipinski definition) is 1. The van der Waals surface area contributed by atoms with Crippen LogP contribution in [0.4, 0.5) is 0 Å². The summed E-state index contributed by atoms with van der Waals surface area (Å²) in [6.07, 6.45) is 0. The molecule has 0 amide bonds. The number of nitrogens with zero attached hydrogens (tertiary/aromatic N) is 1. The van der Waals surface area contributed by atoms with E-state index < -0.39 is 0 Å². The molecule has 0 fully saturated rings. The lowest BCUT2D eigenvalue weighted by Crippen LogP contribution is -1.93. The van der Waals surface area contributed by atoms with E-state index in [4.69, 9.17) is 0 Å². The third-order valence-corrected chi connectivity index (χ3v) is 7.04. The first-order valence-electron chi connectivity index (χ1n) is 11.8. The molecular weight excluding hydrogens is 412 g/mol. The third-order valence-electron chi connectivity index (χ3n) is 7.04. The predicted octanol–water partition coefficient (Wildman–Crippen LogP) is 8.70. The lowest BCUT2D eigenvalue weighted by Gasteiger charge is -2.10. The molecule has 0 aliphatic rings. The van der Waals surface area contributed by atoms with Gasteiger partial charge in [0, 0.05) is 38.3 Å². The number of nitrogens with one attached hydrogen (secondary N) is 1. The Labute approximate surface area is 198 Å². The van der Waals surface area contributed by atoms with Crippen molar-refractivity contribution in [1.29, 1.82) is 0 Å². The second-order valence-electron chi connectivity index (χ2n) is 9.35. The van der Waals surface area contributed by atoms with Gasteiger partial charge >= 0.3 is 0 Å². The Morgan fingerprint density at radius 2 is 1.12 bits per heavy atom. The topological polar surface area (TPSA) is 20.7 Å². The van der Waals surface area contributed by atoms with Crippen molar-refractivity contribution in [3.05, 3.63) is 114 Å². The van der Waals surface area contributed by atoms with Crippen molar-refractivity contribution in [3.8, 4) is 16.8 Å². The van der Waals surface area contributed by atoms with Gasteiger partial charge in [0.1, 0.15) is 0 Å². The second kappa shape index (κ2) is 7.10. The van der Waals surface area contributed by atoms with Crippen molar-refractivity contribution in [2.24, 2.45) is 0 Å². The van der Waals surface area contributed by atoms with Crippen molar-refractivity contribution in [1.82, 2.24) is 9.55 Å². The molecule has 0 saturated heterocycles. The van der Waals surface area contributed by atoms with E-state index in [-0.39, 0.29) is 0 Å². The zero-order chi connectivity index (χ0) is 22.8. The quantitative estimate of drug-likeness (QED) is 0.280. The third kappa shape index (κ3) is 2.82. The number of aromatic nitrogens is 2. The van der Waals surface area contributed by atoms with E-state index in [1.54, 1.807) is 0 Å². The van der Waals surface area contributed by atoms with Crippen LogP contribution in [0.5, 0.6) is 0 Å². The molecule has 1 N–H and O–H groups in total.